The zero-order valence-electron chi connectivity index (χ0n) is 16.6. The number of fused-ring (bicyclic) bond motifs is 1. The van der Waals surface area contributed by atoms with Gasteiger partial charge in [0.05, 0.1) is 6.20 Å². The highest BCUT2D eigenvalue weighted by atomic mass is 16.5. The number of imidazole rings is 1. The quantitative estimate of drug-likeness (QED) is 0.343. The highest BCUT2D eigenvalue weighted by Crippen LogP contribution is 2.32. The van der Waals surface area contributed by atoms with Gasteiger partial charge in [-0.3, -0.25) is 4.79 Å². The molecule has 0 atom stereocenters. The Bertz CT molecular complexity index is 1370. The average molecular weight is 408 g/mol. The summed E-state index contributed by atoms with van der Waals surface area (Å²) in [4.78, 5) is 23.3. The van der Waals surface area contributed by atoms with Crippen LogP contribution in [0.1, 0.15) is 21.6 Å². The molecule has 0 aliphatic rings. The molecule has 5 aromatic rings. The number of nitrogens with two attached hydrogens (primary N) is 1. The van der Waals surface area contributed by atoms with Gasteiger partial charge in [0.2, 0.25) is 5.78 Å². The molecule has 152 valence electrons. The fourth-order valence-electron chi connectivity index (χ4n) is 3.64. The molecule has 3 aromatic carbocycles. The molecule has 0 aliphatic carbocycles. The van der Waals surface area contributed by atoms with Crippen molar-refractivity contribution < 1.29 is 9.53 Å². The summed E-state index contributed by atoms with van der Waals surface area (Å²) in [5.41, 5.74) is 9.83. The van der Waals surface area contributed by atoms with Crippen molar-refractivity contribution in [3.8, 4) is 22.9 Å². The smallest absolute Gasteiger partial charge is 0.210 e. The molecule has 2 aromatic heterocycles. The molecular weight excluding hydrogens is 388 g/mol. The van der Waals surface area contributed by atoms with Crippen molar-refractivity contribution in [1.29, 1.82) is 0 Å². The minimum Gasteiger partial charge on any atom is -0.457 e. The van der Waals surface area contributed by atoms with Gasteiger partial charge in [0.25, 0.3) is 0 Å². The maximum Gasteiger partial charge on any atom is 0.210 e. The molecule has 0 radical (unpaired) electrons. The average Bonchev–Trinajstić information content (AvgIpc) is 3.49. The SMILES string of the molecule is NCc1c(Oc2cccc(-c3ncc(C(=O)c4ccccc4)[nH]3)c2)ccc2[nH]ccc12. The number of nitrogens with zero attached hydrogens (tertiary/aromatic N) is 1. The number of nitrogens with one attached hydrogen (secondary N) is 2. The minimum absolute atomic E-state index is 0.0980. The molecule has 4 N–H and O–H groups in total. The van der Waals surface area contributed by atoms with Gasteiger partial charge in [-0.2, -0.15) is 0 Å². The van der Waals surface area contributed by atoms with E-state index in [-0.39, 0.29) is 5.78 Å². The van der Waals surface area contributed by atoms with Crippen LogP contribution in [-0.2, 0) is 6.54 Å². The van der Waals surface area contributed by atoms with Crippen molar-refractivity contribution in [3.05, 3.63) is 102 Å². The largest absolute Gasteiger partial charge is 0.457 e. The van der Waals surface area contributed by atoms with Gasteiger partial charge in [0, 0.05) is 40.3 Å². The predicted octanol–water partition coefficient (Wildman–Crippen LogP) is 5.04. The second-order valence-corrected chi connectivity index (χ2v) is 7.16. The second-order valence-electron chi connectivity index (χ2n) is 7.16. The van der Waals surface area contributed by atoms with Gasteiger partial charge in [-0.1, -0.05) is 42.5 Å². The summed E-state index contributed by atoms with van der Waals surface area (Å²) in [6.07, 6.45) is 3.45. The first-order valence-electron chi connectivity index (χ1n) is 9.95. The molecule has 0 aliphatic heterocycles. The molecule has 0 amide bonds. The lowest BCUT2D eigenvalue weighted by Gasteiger charge is -2.12. The molecule has 5 rings (SSSR count). The maximum atomic E-state index is 12.6. The molecule has 6 nitrogen and oxygen atoms in total. The van der Waals surface area contributed by atoms with Crippen molar-refractivity contribution in [3.63, 3.8) is 0 Å². The Hall–Kier alpha value is -4.16. The van der Waals surface area contributed by atoms with Crippen molar-refractivity contribution in [2.45, 2.75) is 6.54 Å². The van der Waals surface area contributed by atoms with Crippen LogP contribution in [0.4, 0.5) is 0 Å². The normalized spacial score (nSPS) is 11.0. The molecule has 0 fully saturated rings. The number of carbonyl (C=O) groups excluding carboxylic acids is 1. The lowest BCUT2D eigenvalue weighted by atomic mass is 10.1. The van der Waals surface area contributed by atoms with E-state index in [1.54, 1.807) is 18.3 Å². The number of carbonyl (C=O) groups is 1. The van der Waals surface area contributed by atoms with E-state index in [9.17, 15) is 4.79 Å². The van der Waals surface area contributed by atoms with E-state index in [0.29, 0.717) is 35.1 Å². The number of ketones is 1. The molecule has 6 heteroatoms. The fraction of sp³-hybridized carbons (Fsp3) is 0.0400. The first-order chi connectivity index (χ1) is 15.2. The van der Waals surface area contributed by atoms with E-state index < -0.39 is 0 Å². The number of hydrogen-bond acceptors (Lipinski definition) is 4. The minimum atomic E-state index is -0.0980. The number of rotatable bonds is 6. The van der Waals surface area contributed by atoms with Gasteiger partial charge in [0.1, 0.15) is 23.0 Å². The first kappa shape index (κ1) is 18.8. The molecule has 0 saturated heterocycles. The molecule has 0 saturated carbocycles. The molecule has 0 spiro atoms. The van der Waals surface area contributed by atoms with Gasteiger partial charge in [-0.15, -0.1) is 0 Å². The van der Waals surface area contributed by atoms with Crippen LogP contribution in [0, 0.1) is 0 Å². The zero-order chi connectivity index (χ0) is 21.2. The van der Waals surface area contributed by atoms with Crippen molar-refractivity contribution in [2.75, 3.05) is 0 Å². The molecule has 2 heterocycles. The van der Waals surface area contributed by atoms with E-state index in [1.807, 2.05) is 66.9 Å². The Labute approximate surface area is 178 Å². The highest BCUT2D eigenvalue weighted by molar-refractivity contribution is 6.07. The van der Waals surface area contributed by atoms with E-state index in [1.165, 1.54) is 0 Å². The third-order valence-electron chi connectivity index (χ3n) is 5.20. The van der Waals surface area contributed by atoms with Crippen LogP contribution in [0.25, 0.3) is 22.3 Å². The van der Waals surface area contributed by atoms with E-state index >= 15 is 0 Å². The van der Waals surface area contributed by atoms with Gasteiger partial charge < -0.3 is 20.4 Å². The molecule has 0 unspecified atom stereocenters. The topological polar surface area (TPSA) is 96.8 Å². The summed E-state index contributed by atoms with van der Waals surface area (Å²) in [5, 5.41) is 1.05. The summed E-state index contributed by atoms with van der Waals surface area (Å²) < 4.78 is 6.16. The third-order valence-corrected chi connectivity index (χ3v) is 5.20. The number of hydrogen-bond donors (Lipinski definition) is 3. The summed E-state index contributed by atoms with van der Waals surface area (Å²) in [6, 6.07) is 22.6. The number of H-pyrrole nitrogens is 2. The Morgan fingerprint density at radius 1 is 1.00 bits per heavy atom. The van der Waals surface area contributed by atoms with Crippen LogP contribution >= 0.6 is 0 Å². The first-order valence-corrected chi connectivity index (χ1v) is 9.95. The van der Waals surface area contributed by atoms with Crippen molar-refractivity contribution in [1.82, 2.24) is 15.0 Å². The second kappa shape index (κ2) is 7.93. The van der Waals surface area contributed by atoms with Gasteiger partial charge >= 0.3 is 0 Å². The van der Waals surface area contributed by atoms with Crippen molar-refractivity contribution >= 4 is 16.7 Å². The standard InChI is InChI=1S/C25H20N4O2/c26-14-20-19-11-12-27-21(19)9-10-23(20)31-18-8-4-7-17(13-18)25-28-15-22(29-25)24(30)16-5-2-1-3-6-16/h1-13,15,27H,14,26H2,(H,28,29). The van der Waals surface area contributed by atoms with E-state index in [2.05, 4.69) is 15.0 Å². The Kier molecular flexibility index (Phi) is 4.82. The summed E-state index contributed by atoms with van der Waals surface area (Å²) >= 11 is 0. The number of aromatic amines is 2. The van der Waals surface area contributed by atoms with E-state index in [4.69, 9.17) is 10.5 Å². The lowest BCUT2D eigenvalue weighted by Crippen LogP contribution is -2.01. The van der Waals surface area contributed by atoms with Crippen LogP contribution in [0.15, 0.2) is 85.2 Å². The van der Waals surface area contributed by atoms with Crippen LogP contribution in [0.2, 0.25) is 0 Å². The summed E-state index contributed by atoms with van der Waals surface area (Å²) in [6.45, 7) is 0.368. The van der Waals surface area contributed by atoms with Gasteiger partial charge in [-0.05, 0) is 30.3 Å². The number of benzene rings is 3. The predicted molar refractivity (Wildman–Crippen MR) is 120 cm³/mol. The Balaban J connectivity index is 1.43. The van der Waals surface area contributed by atoms with Crippen LogP contribution in [0.3, 0.4) is 0 Å². The monoisotopic (exact) mass is 408 g/mol. The van der Waals surface area contributed by atoms with Crippen LogP contribution in [-0.4, -0.2) is 20.7 Å². The molecule has 31 heavy (non-hydrogen) atoms. The summed E-state index contributed by atoms with van der Waals surface area (Å²) in [5.74, 6) is 1.88. The Morgan fingerprint density at radius 2 is 1.87 bits per heavy atom. The lowest BCUT2D eigenvalue weighted by molar-refractivity contribution is 0.103. The summed E-state index contributed by atoms with van der Waals surface area (Å²) in [7, 11) is 0. The van der Waals surface area contributed by atoms with Gasteiger partial charge in [0.15, 0.2) is 0 Å². The van der Waals surface area contributed by atoms with Crippen LogP contribution in [0.5, 0.6) is 11.5 Å². The number of ether oxygens (including phenoxy) is 1. The zero-order valence-corrected chi connectivity index (χ0v) is 16.6. The third kappa shape index (κ3) is 3.60. The highest BCUT2D eigenvalue weighted by Gasteiger charge is 2.14. The number of aromatic nitrogens is 3. The van der Waals surface area contributed by atoms with Crippen LogP contribution < -0.4 is 10.5 Å². The Morgan fingerprint density at radius 3 is 2.71 bits per heavy atom. The van der Waals surface area contributed by atoms with E-state index in [0.717, 1.165) is 22.0 Å². The van der Waals surface area contributed by atoms with Gasteiger partial charge in [-0.25, -0.2) is 4.98 Å². The van der Waals surface area contributed by atoms with Crippen molar-refractivity contribution in [2.24, 2.45) is 5.73 Å². The fourth-order valence-corrected chi connectivity index (χ4v) is 3.64. The molecule has 0 bridgehead atoms. The molecular formula is C25H20N4O2. The maximum absolute atomic E-state index is 12.6.